The van der Waals surface area contributed by atoms with Gasteiger partial charge in [-0.25, -0.2) is 4.98 Å². The van der Waals surface area contributed by atoms with E-state index < -0.39 is 0 Å². The molecule has 1 aliphatic rings. The quantitative estimate of drug-likeness (QED) is 0.270. The van der Waals surface area contributed by atoms with Gasteiger partial charge >= 0.3 is 0 Å². The van der Waals surface area contributed by atoms with E-state index in [1.807, 2.05) is 36.4 Å². The lowest BCUT2D eigenvalue weighted by Crippen LogP contribution is -2.34. The monoisotopic (exact) mass is 471 g/mol. The number of rotatable bonds is 6. The molecule has 7 heteroatoms. The fourth-order valence-corrected chi connectivity index (χ4v) is 5.05. The van der Waals surface area contributed by atoms with E-state index in [2.05, 4.69) is 36.7 Å². The van der Waals surface area contributed by atoms with Crippen LogP contribution in [0.5, 0.6) is 11.5 Å². The molecule has 0 unspecified atom stereocenters. The van der Waals surface area contributed by atoms with Crippen LogP contribution in [-0.2, 0) is 0 Å². The Morgan fingerprint density at radius 2 is 1.83 bits per heavy atom. The van der Waals surface area contributed by atoms with Crippen LogP contribution in [0.3, 0.4) is 0 Å². The average Bonchev–Trinajstić information content (AvgIpc) is 3.27. The summed E-state index contributed by atoms with van der Waals surface area (Å²) in [6, 6.07) is 14.0. The minimum Gasteiger partial charge on any atom is -0.494 e. The first-order chi connectivity index (χ1) is 16.9. The number of nitrogen functional groups attached to an aromatic ring is 1. The number of piperidine rings is 1. The van der Waals surface area contributed by atoms with Gasteiger partial charge in [-0.3, -0.25) is 9.98 Å². The lowest BCUT2D eigenvalue weighted by Gasteiger charge is -2.25. The Labute approximate surface area is 205 Å². The molecule has 0 saturated carbocycles. The van der Waals surface area contributed by atoms with Crippen LogP contribution in [0.2, 0.25) is 0 Å². The summed E-state index contributed by atoms with van der Waals surface area (Å²) in [5.41, 5.74) is 10.4. The summed E-state index contributed by atoms with van der Waals surface area (Å²) in [6.45, 7) is 8.32. The molecular formula is C28H33N5O2. The van der Waals surface area contributed by atoms with Crippen LogP contribution in [0, 0.1) is 12.3 Å². The lowest BCUT2D eigenvalue weighted by atomic mass is 10.0. The minimum absolute atomic E-state index is 0.0560. The van der Waals surface area contributed by atoms with Crippen LogP contribution in [0.15, 0.2) is 42.5 Å². The van der Waals surface area contributed by atoms with Crippen LogP contribution in [0.1, 0.15) is 49.6 Å². The van der Waals surface area contributed by atoms with Gasteiger partial charge in [-0.15, -0.1) is 0 Å². The molecule has 7 nitrogen and oxygen atoms in total. The molecule has 3 aromatic carbocycles. The summed E-state index contributed by atoms with van der Waals surface area (Å²) < 4.78 is 14.6. The molecule has 1 saturated heterocycles. The number of methoxy groups -OCH3 is 1. The second-order valence-electron chi connectivity index (χ2n) is 9.52. The summed E-state index contributed by atoms with van der Waals surface area (Å²) in [5.74, 6) is 2.74. The first-order valence-corrected chi connectivity index (χ1v) is 12.2. The summed E-state index contributed by atoms with van der Waals surface area (Å²) in [6.07, 6.45) is 2.16. The van der Waals surface area contributed by atoms with Crippen molar-refractivity contribution >= 4 is 27.6 Å². The Hall–Kier alpha value is -3.58. The van der Waals surface area contributed by atoms with Crippen LogP contribution in [0.25, 0.3) is 27.5 Å². The van der Waals surface area contributed by atoms with E-state index >= 15 is 0 Å². The number of nitrogens with one attached hydrogen (secondary N) is 2. The van der Waals surface area contributed by atoms with Crippen molar-refractivity contribution < 1.29 is 9.47 Å². The molecule has 35 heavy (non-hydrogen) atoms. The van der Waals surface area contributed by atoms with Crippen LogP contribution in [0.4, 0.5) is 0 Å². The molecule has 5 rings (SSSR count). The highest BCUT2D eigenvalue weighted by Gasteiger charge is 2.25. The Morgan fingerprint density at radius 1 is 1.11 bits per heavy atom. The molecule has 0 atom stereocenters. The molecule has 4 N–H and O–H groups in total. The van der Waals surface area contributed by atoms with Gasteiger partial charge in [-0.2, -0.15) is 0 Å². The highest BCUT2D eigenvalue weighted by atomic mass is 16.5. The molecule has 0 amide bonds. The van der Waals surface area contributed by atoms with Crippen molar-refractivity contribution in [3.63, 3.8) is 0 Å². The molecule has 0 spiro atoms. The van der Waals surface area contributed by atoms with Crippen molar-refractivity contribution in [1.82, 2.24) is 14.9 Å². The topological polar surface area (TPSA) is 98.2 Å². The number of aryl methyl sites for hydroxylation is 1. The predicted octanol–water partition coefficient (Wildman–Crippen LogP) is 5.03. The SMILES string of the molecule is COc1cc(OC2CCNCC2)c(C)c2nc(C(C)C)n(-c3ccc(C(=N)N)c4ccccc34)c12. The number of aromatic nitrogens is 2. The van der Waals surface area contributed by atoms with Gasteiger partial charge in [0.05, 0.1) is 18.3 Å². The van der Waals surface area contributed by atoms with Crippen molar-refractivity contribution in [2.45, 2.75) is 45.6 Å². The first-order valence-electron chi connectivity index (χ1n) is 12.2. The average molecular weight is 472 g/mol. The molecular weight excluding hydrogens is 438 g/mol. The molecule has 0 radical (unpaired) electrons. The molecule has 2 heterocycles. The van der Waals surface area contributed by atoms with E-state index in [1.54, 1.807) is 7.11 Å². The highest BCUT2D eigenvalue weighted by molar-refractivity contribution is 6.10. The van der Waals surface area contributed by atoms with Crippen LogP contribution in [-0.4, -0.2) is 41.7 Å². The van der Waals surface area contributed by atoms with E-state index in [9.17, 15) is 0 Å². The summed E-state index contributed by atoms with van der Waals surface area (Å²) in [5, 5.41) is 13.4. The number of hydrogen-bond acceptors (Lipinski definition) is 5. The largest absolute Gasteiger partial charge is 0.494 e. The van der Waals surface area contributed by atoms with Gasteiger partial charge in [0.25, 0.3) is 0 Å². The van der Waals surface area contributed by atoms with Gasteiger partial charge in [-0.1, -0.05) is 38.1 Å². The van der Waals surface area contributed by atoms with Crippen molar-refractivity contribution in [3.05, 3.63) is 59.4 Å². The maximum Gasteiger partial charge on any atom is 0.148 e. The zero-order chi connectivity index (χ0) is 24.7. The minimum atomic E-state index is 0.0560. The number of nitrogens with zero attached hydrogens (tertiary/aromatic N) is 2. The Morgan fingerprint density at radius 3 is 2.49 bits per heavy atom. The van der Waals surface area contributed by atoms with Crippen LogP contribution >= 0.6 is 0 Å². The lowest BCUT2D eigenvalue weighted by molar-refractivity contribution is 0.161. The molecule has 4 aromatic rings. The second kappa shape index (κ2) is 9.23. The van der Waals surface area contributed by atoms with Gasteiger partial charge in [0, 0.05) is 28.5 Å². The van der Waals surface area contributed by atoms with Gasteiger partial charge in [0.1, 0.15) is 34.8 Å². The van der Waals surface area contributed by atoms with Crippen LogP contribution < -0.4 is 20.5 Å². The summed E-state index contributed by atoms with van der Waals surface area (Å²) in [7, 11) is 1.70. The maximum absolute atomic E-state index is 8.05. The van der Waals surface area contributed by atoms with Crippen molar-refractivity contribution in [1.29, 1.82) is 5.41 Å². The fraction of sp³-hybridized carbons (Fsp3) is 0.357. The van der Waals surface area contributed by atoms with E-state index in [0.29, 0.717) is 0 Å². The zero-order valence-electron chi connectivity index (χ0n) is 20.8. The molecule has 182 valence electrons. The van der Waals surface area contributed by atoms with Gasteiger partial charge in [0.2, 0.25) is 0 Å². The number of benzene rings is 3. The third-order valence-corrected chi connectivity index (χ3v) is 6.87. The van der Waals surface area contributed by atoms with Crippen molar-refractivity contribution in [2.24, 2.45) is 5.73 Å². The Balaban J connectivity index is 1.78. The molecule has 1 aromatic heterocycles. The molecule has 0 bridgehead atoms. The predicted molar refractivity (Wildman–Crippen MR) is 141 cm³/mol. The van der Waals surface area contributed by atoms with Gasteiger partial charge < -0.3 is 20.5 Å². The second-order valence-corrected chi connectivity index (χ2v) is 9.52. The smallest absolute Gasteiger partial charge is 0.148 e. The normalized spacial score (nSPS) is 14.7. The number of nitrogens with two attached hydrogens (primary N) is 1. The first kappa shape index (κ1) is 23.2. The van der Waals surface area contributed by atoms with E-state index in [4.69, 9.17) is 25.6 Å². The third-order valence-electron chi connectivity index (χ3n) is 6.87. The van der Waals surface area contributed by atoms with Gasteiger partial charge in [0.15, 0.2) is 0 Å². The van der Waals surface area contributed by atoms with Crippen molar-refractivity contribution in [3.8, 4) is 17.2 Å². The zero-order valence-corrected chi connectivity index (χ0v) is 20.8. The molecule has 1 fully saturated rings. The highest BCUT2D eigenvalue weighted by Crippen LogP contribution is 2.41. The van der Waals surface area contributed by atoms with E-state index in [-0.39, 0.29) is 17.9 Å². The number of fused-ring (bicyclic) bond motifs is 2. The van der Waals surface area contributed by atoms with Crippen molar-refractivity contribution in [2.75, 3.05) is 20.2 Å². The molecule has 1 aliphatic heterocycles. The summed E-state index contributed by atoms with van der Waals surface area (Å²) in [4.78, 5) is 5.14. The number of imidazole rings is 1. The van der Waals surface area contributed by atoms with E-state index in [0.717, 1.165) is 81.9 Å². The Bertz CT molecular complexity index is 1420. The van der Waals surface area contributed by atoms with E-state index in [1.165, 1.54) is 0 Å². The number of amidine groups is 1. The van der Waals surface area contributed by atoms with Gasteiger partial charge in [-0.05, 0) is 50.4 Å². The number of ether oxygens (including phenoxy) is 2. The fourth-order valence-electron chi connectivity index (χ4n) is 5.05. The third kappa shape index (κ3) is 4.00. The number of hydrogen-bond donors (Lipinski definition) is 3. The summed E-state index contributed by atoms with van der Waals surface area (Å²) >= 11 is 0. The Kier molecular flexibility index (Phi) is 6.11. The standard InChI is InChI=1S/C28H33N5O2/c1-16(2)28-32-25-17(3)23(35-18-11-13-31-14-12-18)15-24(34-4)26(25)33(28)22-10-9-21(27(29)30)19-7-5-6-8-20(19)22/h5-10,15-16,18,31H,11-14H2,1-4H3,(H3,29,30). The molecule has 0 aliphatic carbocycles. The maximum atomic E-state index is 8.05.